The number of rotatable bonds is 9. The molecule has 2 aromatic rings. The summed E-state index contributed by atoms with van der Waals surface area (Å²) in [5.41, 5.74) is 2.16. The summed E-state index contributed by atoms with van der Waals surface area (Å²) in [6, 6.07) is 16.7. The number of halogens is 1. The van der Waals surface area contributed by atoms with Crippen molar-refractivity contribution in [3.05, 3.63) is 71.3 Å². The summed E-state index contributed by atoms with van der Waals surface area (Å²) in [4.78, 5) is 27.7. The van der Waals surface area contributed by atoms with Crippen LogP contribution < -0.4 is 5.32 Å². The molecule has 162 valence electrons. The lowest BCUT2D eigenvalue weighted by Gasteiger charge is -2.26. The second kappa shape index (κ2) is 12.8. The Balaban J connectivity index is 0.00000320. The molecule has 1 fully saturated rings. The third kappa shape index (κ3) is 7.20. The largest absolute Gasteiger partial charge is 0.356 e. The first-order valence-corrected chi connectivity index (χ1v) is 10.8. The number of hydrogen-bond acceptors (Lipinski definition) is 3. The van der Waals surface area contributed by atoms with Gasteiger partial charge in [-0.25, -0.2) is 0 Å². The van der Waals surface area contributed by atoms with Gasteiger partial charge in [-0.1, -0.05) is 55.0 Å². The summed E-state index contributed by atoms with van der Waals surface area (Å²) >= 11 is 0. The van der Waals surface area contributed by atoms with Crippen molar-refractivity contribution in [2.75, 3.05) is 26.2 Å². The first-order chi connectivity index (χ1) is 14.1. The number of carbonyl (C=O) groups excluding carboxylic acids is 2. The van der Waals surface area contributed by atoms with Crippen LogP contribution in [0.2, 0.25) is 0 Å². The number of nitrogens with zero attached hydrogens (tertiary/aromatic N) is 1. The molecule has 0 radical (unpaired) electrons. The second-order valence-corrected chi connectivity index (χ2v) is 7.94. The second-order valence-electron chi connectivity index (χ2n) is 7.94. The molecule has 1 aliphatic heterocycles. The molecule has 1 amide bonds. The van der Waals surface area contributed by atoms with Crippen LogP contribution in [0.5, 0.6) is 0 Å². The molecular formula is C25H33IN2O2. The Labute approximate surface area is 197 Å². The van der Waals surface area contributed by atoms with Gasteiger partial charge in [0.25, 0.3) is 0 Å². The van der Waals surface area contributed by atoms with Crippen molar-refractivity contribution < 1.29 is 9.59 Å². The zero-order chi connectivity index (χ0) is 20.5. The van der Waals surface area contributed by atoms with Crippen LogP contribution in [0.15, 0.2) is 54.6 Å². The summed E-state index contributed by atoms with van der Waals surface area (Å²) in [6.07, 6.45) is 6.12. The van der Waals surface area contributed by atoms with Crippen LogP contribution in [0.3, 0.4) is 0 Å². The summed E-state index contributed by atoms with van der Waals surface area (Å²) in [5.74, 6) is -0.273. The third-order valence-corrected chi connectivity index (χ3v) is 5.73. The Morgan fingerprint density at radius 3 is 2.37 bits per heavy atom. The maximum Gasteiger partial charge on any atom is 0.227 e. The molecule has 0 spiro atoms. The van der Waals surface area contributed by atoms with E-state index in [1.807, 2.05) is 61.5 Å². The zero-order valence-electron chi connectivity index (χ0n) is 17.8. The summed E-state index contributed by atoms with van der Waals surface area (Å²) < 4.78 is 0. The van der Waals surface area contributed by atoms with Gasteiger partial charge in [-0.2, -0.15) is 0 Å². The van der Waals surface area contributed by atoms with Crippen LogP contribution >= 0.6 is 24.0 Å². The number of likely N-dealkylation sites (tertiary alicyclic amines) is 1. The number of nitrogens with one attached hydrogen (secondary N) is 1. The molecule has 0 aliphatic carbocycles. The minimum absolute atomic E-state index is 0. The van der Waals surface area contributed by atoms with Gasteiger partial charge in [-0.05, 0) is 63.9 Å². The van der Waals surface area contributed by atoms with E-state index in [2.05, 4.69) is 10.2 Å². The molecule has 1 aliphatic rings. The maximum atomic E-state index is 12.7. The van der Waals surface area contributed by atoms with E-state index in [-0.39, 0.29) is 41.6 Å². The van der Waals surface area contributed by atoms with Crippen LogP contribution in [0.4, 0.5) is 0 Å². The molecule has 1 heterocycles. The van der Waals surface area contributed by atoms with Gasteiger partial charge >= 0.3 is 0 Å². The number of amides is 1. The summed E-state index contributed by atoms with van der Waals surface area (Å²) in [7, 11) is 0. The van der Waals surface area contributed by atoms with Gasteiger partial charge in [0, 0.05) is 17.7 Å². The topological polar surface area (TPSA) is 49.4 Å². The van der Waals surface area contributed by atoms with Crippen molar-refractivity contribution in [2.45, 2.75) is 44.9 Å². The predicted molar refractivity (Wildman–Crippen MR) is 133 cm³/mol. The van der Waals surface area contributed by atoms with Crippen molar-refractivity contribution in [3.63, 3.8) is 0 Å². The van der Waals surface area contributed by atoms with Gasteiger partial charge in [0.1, 0.15) is 0 Å². The molecule has 1 atom stereocenters. The van der Waals surface area contributed by atoms with Crippen molar-refractivity contribution in [1.29, 1.82) is 0 Å². The number of ketones is 1. The molecule has 1 saturated heterocycles. The Hall–Kier alpha value is -1.73. The molecule has 3 rings (SSSR count). The van der Waals surface area contributed by atoms with Gasteiger partial charge in [-0.15, -0.1) is 24.0 Å². The van der Waals surface area contributed by atoms with Crippen LogP contribution in [0, 0.1) is 0 Å². The van der Waals surface area contributed by atoms with Crippen LogP contribution in [-0.2, 0) is 4.79 Å². The number of piperidine rings is 1. The number of benzene rings is 2. The number of carbonyl (C=O) groups is 2. The Morgan fingerprint density at radius 2 is 1.63 bits per heavy atom. The van der Waals surface area contributed by atoms with E-state index < -0.39 is 0 Å². The molecule has 0 bridgehead atoms. The first kappa shape index (κ1) is 24.5. The van der Waals surface area contributed by atoms with E-state index in [9.17, 15) is 9.59 Å². The monoisotopic (exact) mass is 520 g/mol. The van der Waals surface area contributed by atoms with Crippen molar-refractivity contribution in [1.82, 2.24) is 10.2 Å². The Morgan fingerprint density at radius 1 is 0.933 bits per heavy atom. The average Bonchev–Trinajstić information content (AvgIpc) is 2.79. The summed E-state index contributed by atoms with van der Waals surface area (Å²) in [5, 5.41) is 3.06. The first-order valence-electron chi connectivity index (χ1n) is 10.8. The highest BCUT2D eigenvalue weighted by Crippen LogP contribution is 2.19. The molecule has 0 aromatic heterocycles. The van der Waals surface area contributed by atoms with Crippen LogP contribution in [0.1, 0.15) is 66.4 Å². The highest BCUT2D eigenvalue weighted by molar-refractivity contribution is 14.0. The van der Waals surface area contributed by atoms with Gasteiger partial charge < -0.3 is 10.2 Å². The van der Waals surface area contributed by atoms with E-state index in [1.54, 1.807) is 0 Å². The molecule has 1 unspecified atom stereocenters. The molecule has 2 aromatic carbocycles. The SMILES string of the molecule is CC(C(=O)NCCCCN1CCCCC1)c1cccc(C(=O)c2ccccc2)c1.I. The van der Waals surface area contributed by atoms with Gasteiger partial charge in [0.2, 0.25) is 5.91 Å². The highest BCUT2D eigenvalue weighted by atomic mass is 127. The molecular weight excluding hydrogens is 487 g/mol. The van der Waals surface area contributed by atoms with E-state index in [0.29, 0.717) is 17.7 Å². The normalized spacial score (nSPS) is 15.1. The molecule has 0 saturated carbocycles. The Bertz CT molecular complexity index is 804. The molecule has 5 heteroatoms. The van der Waals surface area contributed by atoms with Gasteiger partial charge in [-0.3, -0.25) is 9.59 Å². The lowest BCUT2D eigenvalue weighted by atomic mass is 9.95. The Kier molecular flexibility index (Phi) is 10.5. The van der Waals surface area contributed by atoms with Crippen LogP contribution in [-0.4, -0.2) is 42.8 Å². The highest BCUT2D eigenvalue weighted by Gasteiger charge is 2.17. The fourth-order valence-electron chi connectivity index (χ4n) is 3.86. The molecule has 1 N–H and O–H groups in total. The van der Waals surface area contributed by atoms with Gasteiger partial charge in [0.05, 0.1) is 5.92 Å². The predicted octanol–water partition coefficient (Wildman–Crippen LogP) is 5.02. The van der Waals surface area contributed by atoms with E-state index in [1.165, 1.54) is 32.4 Å². The third-order valence-electron chi connectivity index (χ3n) is 5.73. The van der Waals surface area contributed by atoms with E-state index in [0.717, 1.165) is 24.9 Å². The maximum absolute atomic E-state index is 12.7. The number of hydrogen-bond donors (Lipinski definition) is 1. The van der Waals surface area contributed by atoms with E-state index >= 15 is 0 Å². The minimum atomic E-state index is -0.277. The smallest absolute Gasteiger partial charge is 0.227 e. The lowest BCUT2D eigenvalue weighted by Crippen LogP contribution is -2.32. The molecule has 30 heavy (non-hydrogen) atoms. The van der Waals surface area contributed by atoms with Crippen molar-refractivity contribution in [3.8, 4) is 0 Å². The van der Waals surface area contributed by atoms with Crippen molar-refractivity contribution >= 4 is 35.7 Å². The fraction of sp³-hybridized carbons (Fsp3) is 0.440. The fourth-order valence-corrected chi connectivity index (χ4v) is 3.86. The summed E-state index contributed by atoms with van der Waals surface area (Å²) in [6.45, 7) is 6.19. The van der Waals surface area contributed by atoms with E-state index in [4.69, 9.17) is 0 Å². The minimum Gasteiger partial charge on any atom is -0.356 e. The standard InChI is InChI=1S/C25H32N2O2.HI/c1-20(25(29)26-15-6-9-18-27-16-7-3-8-17-27)22-13-10-14-23(19-22)24(28)21-11-4-2-5-12-21;/h2,4-5,10-14,19-20H,3,6-9,15-18H2,1H3,(H,26,29);1H. The number of unbranched alkanes of at least 4 members (excludes halogenated alkanes) is 1. The van der Waals surface area contributed by atoms with Crippen molar-refractivity contribution in [2.24, 2.45) is 0 Å². The zero-order valence-corrected chi connectivity index (χ0v) is 20.1. The lowest BCUT2D eigenvalue weighted by molar-refractivity contribution is -0.122. The molecule has 4 nitrogen and oxygen atoms in total. The van der Waals surface area contributed by atoms with Gasteiger partial charge in [0.15, 0.2) is 5.78 Å². The average molecular weight is 520 g/mol. The van der Waals surface area contributed by atoms with Crippen LogP contribution in [0.25, 0.3) is 0 Å². The quantitative estimate of drug-likeness (QED) is 0.287.